The summed E-state index contributed by atoms with van der Waals surface area (Å²) in [6, 6.07) is 5.94. The van der Waals surface area contributed by atoms with Gasteiger partial charge >= 0.3 is 5.97 Å². The number of esters is 1. The first-order valence-corrected chi connectivity index (χ1v) is 14.1. The predicted octanol–water partition coefficient (Wildman–Crippen LogP) is 2.90. The average molecular weight is 521 g/mol. The molecule has 1 aliphatic heterocycles. The van der Waals surface area contributed by atoms with Gasteiger partial charge in [-0.05, 0) is 60.6 Å². The van der Waals surface area contributed by atoms with Gasteiger partial charge in [0.2, 0.25) is 6.29 Å². The van der Waals surface area contributed by atoms with E-state index in [0.29, 0.717) is 23.5 Å². The van der Waals surface area contributed by atoms with Crippen LogP contribution >= 0.6 is 0 Å². The topological polar surface area (TPSA) is 126 Å². The number of unbranched alkanes of at least 4 members (excludes halogenated alkanes) is 5. The highest BCUT2D eigenvalue weighted by atomic mass is 16.7. The molecule has 0 radical (unpaired) electrons. The van der Waals surface area contributed by atoms with Gasteiger partial charge < -0.3 is 34.6 Å². The number of carbonyl (C=O) groups is 1. The quantitative estimate of drug-likeness (QED) is 0.245. The van der Waals surface area contributed by atoms with Gasteiger partial charge in [0.05, 0.1) is 18.8 Å². The second-order valence-corrected chi connectivity index (χ2v) is 11.1. The van der Waals surface area contributed by atoms with Crippen molar-refractivity contribution >= 4 is 5.97 Å². The van der Waals surface area contributed by atoms with Gasteiger partial charge in [0.25, 0.3) is 0 Å². The van der Waals surface area contributed by atoms with E-state index < -0.39 is 37.2 Å². The Hall–Kier alpha value is -1.71. The van der Waals surface area contributed by atoms with Crippen molar-refractivity contribution in [2.45, 2.75) is 108 Å². The third-order valence-corrected chi connectivity index (χ3v) is 8.56. The van der Waals surface area contributed by atoms with Crippen molar-refractivity contribution in [2.24, 2.45) is 17.8 Å². The fraction of sp³-hybridized carbons (Fsp3) is 0.759. The number of benzene rings is 1. The highest BCUT2D eigenvalue weighted by Crippen LogP contribution is 2.48. The summed E-state index contributed by atoms with van der Waals surface area (Å²) in [6.45, 7) is 1.43. The van der Waals surface area contributed by atoms with Crippen molar-refractivity contribution in [1.29, 1.82) is 0 Å². The molecule has 8 nitrogen and oxygen atoms in total. The van der Waals surface area contributed by atoms with Gasteiger partial charge in [-0.2, -0.15) is 0 Å². The number of aliphatic hydroxyl groups excluding tert-OH is 4. The Bertz CT molecular complexity index is 875. The molecule has 1 saturated carbocycles. The molecule has 2 aliphatic carbocycles. The van der Waals surface area contributed by atoms with E-state index in [2.05, 4.69) is 13.0 Å². The minimum atomic E-state index is -1.23. The second kappa shape index (κ2) is 13.4. The van der Waals surface area contributed by atoms with E-state index in [0.717, 1.165) is 31.2 Å². The maximum Gasteiger partial charge on any atom is 0.346 e. The summed E-state index contributed by atoms with van der Waals surface area (Å²) in [5.41, 5.74) is 2.34. The lowest BCUT2D eigenvalue weighted by molar-refractivity contribution is -0.251. The smallest absolute Gasteiger partial charge is 0.346 e. The minimum Gasteiger partial charge on any atom is -0.482 e. The third kappa shape index (κ3) is 7.03. The van der Waals surface area contributed by atoms with Crippen LogP contribution in [0, 0.1) is 17.8 Å². The molecule has 1 aromatic rings. The molecule has 8 atom stereocenters. The molecule has 8 heteroatoms. The molecule has 4 rings (SSSR count). The van der Waals surface area contributed by atoms with Crippen LogP contribution in [0.5, 0.6) is 5.75 Å². The Morgan fingerprint density at radius 3 is 2.59 bits per heavy atom. The molecule has 1 saturated heterocycles. The number of aliphatic hydroxyl groups is 4. The lowest BCUT2D eigenvalue weighted by atomic mass is 9.73. The molecule has 37 heavy (non-hydrogen) atoms. The van der Waals surface area contributed by atoms with E-state index in [1.807, 2.05) is 12.1 Å². The number of fused-ring (bicyclic) bond motifs is 2. The molecule has 0 aromatic heterocycles. The molecule has 1 aromatic carbocycles. The maximum absolute atomic E-state index is 12.4. The summed E-state index contributed by atoms with van der Waals surface area (Å²) >= 11 is 0. The number of carbonyl (C=O) groups excluding carboxylic acids is 1. The van der Waals surface area contributed by atoms with Crippen LogP contribution in [0.25, 0.3) is 0 Å². The van der Waals surface area contributed by atoms with E-state index in [1.165, 1.54) is 44.1 Å². The second-order valence-electron chi connectivity index (χ2n) is 11.1. The van der Waals surface area contributed by atoms with Crippen molar-refractivity contribution < 1.29 is 39.4 Å². The summed E-state index contributed by atoms with van der Waals surface area (Å²) in [4.78, 5) is 12.4. The van der Waals surface area contributed by atoms with Crippen molar-refractivity contribution in [3.8, 4) is 5.75 Å². The highest BCUT2D eigenvalue weighted by Gasteiger charge is 2.44. The van der Waals surface area contributed by atoms with Crippen LogP contribution in [0.4, 0.5) is 0 Å². The number of ether oxygens (including phenoxy) is 3. The SMILES string of the molecule is CCCCCCCC[C@@H]1C(O)C[C@H]2Cc3c(cccc3OCC(=O)OC3CC(O)C(O)C(CO)O3)C[C@H]21. The van der Waals surface area contributed by atoms with Gasteiger partial charge in [-0.3, -0.25) is 0 Å². The average Bonchev–Trinajstić information content (AvgIpc) is 3.19. The summed E-state index contributed by atoms with van der Waals surface area (Å²) in [5.74, 6) is 1.28. The summed E-state index contributed by atoms with van der Waals surface area (Å²) in [5, 5.41) is 39.9. The Kier molecular flexibility index (Phi) is 10.2. The van der Waals surface area contributed by atoms with Gasteiger partial charge in [-0.25, -0.2) is 4.79 Å². The fourth-order valence-corrected chi connectivity index (χ4v) is 6.56. The largest absolute Gasteiger partial charge is 0.482 e. The van der Waals surface area contributed by atoms with Crippen LogP contribution in [0.15, 0.2) is 18.2 Å². The van der Waals surface area contributed by atoms with Gasteiger partial charge in [0.1, 0.15) is 18.0 Å². The Morgan fingerprint density at radius 1 is 1.03 bits per heavy atom. The standard InChI is InChI=1S/C29H44O8/c1-2-3-4-5-6-7-10-20-21-12-18-9-8-11-25(22(18)13-19(21)14-23(20)31)35-17-27(33)37-28-15-24(32)29(34)26(16-30)36-28/h8-9,11,19-21,23-24,26,28-32,34H,2-7,10,12-17H2,1H3/t19-,20+,21-,23?,24?,26?,28?,29?/m1/s1. The molecule has 4 N–H and O–H groups in total. The zero-order valence-electron chi connectivity index (χ0n) is 22.0. The zero-order chi connectivity index (χ0) is 26.4. The van der Waals surface area contributed by atoms with Crippen molar-refractivity contribution in [3.05, 3.63) is 29.3 Å². The van der Waals surface area contributed by atoms with E-state index in [-0.39, 0.29) is 19.1 Å². The zero-order valence-corrected chi connectivity index (χ0v) is 22.0. The Balaban J connectivity index is 1.30. The summed E-state index contributed by atoms with van der Waals surface area (Å²) in [6.07, 6.45) is 6.51. The molecule has 5 unspecified atom stereocenters. The van der Waals surface area contributed by atoms with E-state index in [9.17, 15) is 25.2 Å². The van der Waals surface area contributed by atoms with Gasteiger partial charge in [0.15, 0.2) is 6.61 Å². The molecule has 1 heterocycles. The molecule has 208 valence electrons. The molecular formula is C29H44O8. The molecule has 0 amide bonds. The van der Waals surface area contributed by atoms with E-state index in [4.69, 9.17) is 14.2 Å². The van der Waals surface area contributed by atoms with Crippen LogP contribution in [0.3, 0.4) is 0 Å². The minimum absolute atomic E-state index is 0.0740. The summed E-state index contributed by atoms with van der Waals surface area (Å²) in [7, 11) is 0. The lowest BCUT2D eigenvalue weighted by Crippen LogP contribution is -2.51. The fourth-order valence-electron chi connectivity index (χ4n) is 6.56. The van der Waals surface area contributed by atoms with E-state index in [1.54, 1.807) is 0 Å². The summed E-state index contributed by atoms with van der Waals surface area (Å²) < 4.78 is 16.5. The molecule has 3 aliphatic rings. The Morgan fingerprint density at radius 2 is 1.81 bits per heavy atom. The first-order chi connectivity index (χ1) is 17.9. The maximum atomic E-state index is 12.4. The van der Waals surface area contributed by atoms with Crippen LogP contribution in [-0.2, 0) is 27.1 Å². The lowest BCUT2D eigenvalue weighted by Gasteiger charge is -2.35. The molecular weight excluding hydrogens is 476 g/mol. The van der Waals surface area contributed by atoms with Gasteiger partial charge in [0, 0.05) is 6.42 Å². The van der Waals surface area contributed by atoms with Gasteiger partial charge in [-0.1, -0.05) is 57.6 Å². The van der Waals surface area contributed by atoms with E-state index >= 15 is 0 Å². The third-order valence-electron chi connectivity index (χ3n) is 8.56. The number of hydrogen-bond acceptors (Lipinski definition) is 8. The first-order valence-electron chi connectivity index (χ1n) is 14.1. The molecule has 0 bridgehead atoms. The monoisotopic (exact) mass is 520 g/mol. The van der Waals surface area contributed by atoms with Crippen LogP contribution < -0.4 is 4.74 Å². The number of hydrogen-bond donors (Lipinski definition) is 4. The highest BCUT2D eigenvalue weighted by molar-refractivity contribution is 5.71. The van der Waals surface area contributed by atoms with Crippen LogP contribution in [0.1, 0.15) is 75.8 Å². The van der Waals surface area contributed by atoms with Crippen molar-refractivity contribution in [3.63, 3.8) is 0 Å². The molecule has 0 spiro atoms. The van der Waals surface area contributed by atoms with Crippen molar-refractivity contribution in [1.82, 2.24) is 0 Å². The van der Waals surface area contributed by atoms with Crippen LogP contribution in [-0.4, -0.2) is 70.3 Å². The van der Waals surface area contributed by atoms with Gasteiger partial charge in [-0.15, -0.1) is 0 Å². The Labute approximate surface area is 219 Å². The van der Waals surface area contributed by atoms with Crippen LogP contribution in [0.2, 0.25) is 0 Å². The number of rotatable bonds is 12. The predicted molar refractivity (Wildman–Crippen MR) is 137 cm³/mol. The van der Waals surface area contributed by atoms with Crippen molar-refractivity contribution in [2.75, 3.05) is 13.2 Å². The normalized spacial score (nSPS) is 33.0. The molecule has 2 fully saturated rings. The first kappa shape index (κ1) is 28.3.